The molecule has 0 aliphatic carbocycles. The Kier molecular flexibility index (Phi) is 7.69. The minimum Gasteiger partial charge on any atom is -0.493 e. The molecule has 0 fully saturated rings. The molecule has 1 heterocycles. The highest BCUT2D eigenvalue weighted by atomic mass is 16.5. The number of ether oxygens (including phenoxy) is 1. The van der Waals surface area contributed by atoms with E-state index >= 15 is 0 Å². The number of hydrogen-bond acceptors (Lipinski definition) is 6. The molecule has 3 rings (SSSR count). The lowest BCUT2D eigenvalue weighted by molar-refractivity contribution is -0.143. The molecule has 0 aliphatic heterocycles. The number of aromatic nitrogens is 1. The van der Waals surface area contributed by atoms with E-state index in [9.17, 15) is 19.5 Å². The second kappa shape index (κ2) is 10.9. The molecule has 0 aliphatic rings. The fourth-order valence-electron chi connectivity index (χ4n) is 3.17. The van der Waals surface area contributed by atoms with Gasteiger partial charge in [-0.1, -0.05) is 48.5 Å². The Balaban J connectivity index is 1.63. The van der Waals surface area contributed by atoms with Crippen LogP contribution in [-0.4, -0.2) is 40.6 Å². The van der Waals surface area contributed by atoms with Gasteiger partial charge in [0.15, 0.2) is 5.69 Å². The second-order valence-corrected chi connectivity index (χ2v) is 6.94. The van der Waals surface area contributed by atoms with Crippen molar-refractivity contribution >= 4 is 34.4 Å². The van der Waals surface area contributed by atoms with Gasteiger partial charge in [-0.25, -0.2) is 0 Å². The first-order valence-electron chi connectivity index (χ1n) is 10.2. The summed E-state index contributed by atoms with van der Waals surface area (Å²) in [6.45, 7) is 1.40. The van der Waals surface area contributed by atoms with E-state index in [0.29, 0.717) is 17.3 Å². The molecular weight excluding hydrogens is 412 g/mol. The highest BCUT2D eigenvalue weighted by molar-refractivity contribution is 5.96. The Morgan fingerprint density at radius 2 is 1.78 bits per heavy atom. The monoisotopic (exact) mass is 436 g/mol. The number of azo groups is 1. The normalized spacial score (nSPS) is 11.0. The molecular formula is C23H24N4O5. The Labute approximate surface area is 184 Å². The van der Waals surface area contributed by atoms with Crippen molar-refractivity contribution in [1.29, 1.82) is 0 Å². The topological polar surface area (TPSA) is 122 Å². The van der Waals surface area contributed by atoms with Crippen LogP contribution in [0.5, 0.6) is 5.88 Å². The maximum Gasteiger partial charge on any atom is 0.326 e. The van der Waals surface area contributed by atoms with Crippen LogP contribution in [0.25, 0.3) is 10.9 Å². The fourth-order valence-corrected chi connectivity index (χ4v) is 3.17. The van der Waals surface area contributed by atoms with Crippen LogP contribution < -0.4 is 5.32 Å². The zero-order valence-electron chi connectivity index (χ0n) is 17.7. The SMILES string of the molecule is CCOC(=O)Cn1c(O)c(N=NC(=O)CNC(=O)CCc2ccccc2)c2ccccc21. The Bertz CT molecular complexity index is 1140. The number of nitrogens with one attached hydrogen (secondary N) is 1. The summed E-state index contributed by atoms with van der Waals surface area (Å²) in [5.41, 5.74) is 1.64. The van der Waals surface area contributed by atoms with E-state index in [2.05, 4.69) is 15.5 Å². The smallest absolute Gasteiger partial charge is 0.326 e. The predicted octanol–water partition coefficient (Wildman–Crippen LogP) is 3.27. The fraction of sp³-hybridized carbons (Fsp3) is 0.261. The number of carbonyl (C=O) groups excluding carboxylic acids is 3. The van der Waals surface area contributed by atoms with Gasteiger partial charge < -0.3 is 15.2 Å². The maximum atomic E-state index is 12.1. The summed E-state index contributed by atoms with van der Waals surface area (Å²) in [6.07, 6.45) is 0.812. The van der Waals surface area contributed by atoms with Gasteiger partial charge in [0.1, 0.15) is 13.1 Å². The van der Waals surface area contributed by atoms with Crippen LogP contribution in [0.1, 0.15) is 18.9 Å². The molecule has 0 atom stereocenters. The van der Waals surface area contributed by atoms with Gasteiger partial charge in [-0.15, -0.1) is 10.2 Å². The van der Waals surface area contributed by atoms with E-state index in [4.69, 9.17) is 4.74 Å². The summed E-state index contributed by atoms with van der Waals surface area (Å²) in [7, 11) is 0. The van der Waals surface area contributed by atoms with Gasteiger partial charge in [-0.05, 0) is 25.0 Å². The van der Waals surface area contributed by atoms with E-state index in [0.717, 1.165) is 5.56 Å². The minimum absolute atomic E-state index is 0.0636. The van der Waals surface area contributed by atoms with Gasteiger partial charge in [0.05, 0.1) is 12.1 Å². The number of amides is 2. The van der Waals surface area contributed by atoms with Crippen molar-refractivity contribution in [3.8, 4) is 5.88 Å². The molecule has 3 aromatic rings. The summed E-state index contributed by atoms with van der Waals surface area (Å²) in [6, 6.07) is 16.5. The number of para-hydroxylation sites is 1. The number of aromatic hydroxyl groups is 1. The molecule has 166 valence electrons. The van der Waals surface area contributed by atoms with Gasteiger partial charge in [-0.3, -0.25) is 19.0 Å². The summed E-state index contributed by atoms with van der Waals surface area (Å²) in [5.74, 6) is -1.75. The number of esters is 1. The second-order valence-electron chi connectivity index (χ2n) is 6.94. The first-order valence-corrected chi connectivity index (χ1v) is 10.2. The van der Waals surface area contributed by atoms with Crippen LogP contribution >= 0.6 is 0 Å². The molecule has 2 N–H and O–H groups in total. The number of aryl methyl sites for hydroxylation is 1. The average molecular weight is 436 g/mol. The standard InChI is InChI=1S/C23H24N4O5/c1-2-32-21(30)15-27-18-11-7-6-10-17(18)22(23(27)31)26-25-20(29)14-24-19(28)13-12-16-8-4-3-5-9-16/h3-11,31H,2,12-15H2,1H3,(H,24,28). The highest BCUT2D eigenvalue weighted by Gasteiger charge is 2.19. The van der Waals surface area contributed by atoms with E-state index in [-0.39, 0.29) is 43.6 Å². The van der Waals surface area contributed by atoms with Crippen molar-refractivity contribution in [2.45, 2.75) is 26.3 Å². The third-order valence-corrected chi connectivity index (χ3v) is 4.69. The van der Waals surface area contributed by atoms with Crippen molar-refractivity contribution in [2.75, 3.05) is 13.2 Å². The highest BCUT2D eigenvalue weighted by Crippen LogP contribution is 2.38. The van der Waals surface area contributed by atoms with Crippen molar-refractivity contribution in [1.82, 2.24) is 9.88 Å². The van der Waals surface area contributed by atoms with E-state index < -0.39 is 11.9 Å². The van der Waals surface area contributed by atoms with Gasteiger partial charge >= 0.3 is 5.97 Å². The number of benzene rings is 2. The molecule has 0 unspecified atom stereocenters. The molecule has 0 saturated carbocycles. The Hall–Kier alpha value is -4.01. The predicted molar refractivity (Wildman–Crippen MR) is 118 cm³/mol. The zero-order chi connectivity index (χ0) is 22.9. The lowest BCUT2D eigenvalue weighted by Crippen LogP contribution is -2.28. The third-order valence-electron chi connectivity index (χ3n) is 4.69. The largest absolute Gasteiger partial charge is 0.493 e. The van der Waals surface area contributed by atoms with Gasteiger partial charge in [0.25, 0.3) is 5.91 Å². The number of hydrogen-bond donors (Lipinski definition) is 2. The molecule has 0 saturated heterocycles. The van der Waals surface area contributed by atoms with E-state index in [1.54, 1.807) is 31.2 Å². The van der Waals surface area contributed by atoms with Crippen LogP contribution in [0.2, 0.25) is 0 Å². The molecule has 2 amide bonds. The van der Waals surface area contributed by atoms with Gasteiger partial charge in [-0.2, -0.15) is 0 Å². The molecule has 1 aromatic heterocycles. The molecule has 9 heteroatoms. The van der Waals surface area contributed by atoms with Crippen LogP contribution in [0.15, 0.2) is 64.8 Å². The number of carbonyl (C=O) groups is 3. The molecule has 0 bridgehead atoms. The summed E-state index contributed by atoms with van der Waals surface area (Å²) < 4.78 is 6.29. The van der Waals surface area contributed by atoms with Crippen LogP contribution in [-0.2, 0) is 32.1 Å². The molecule has 0 spiro atoms. The average Bonchev–Trinajstić information content (AvgIpc) is 3.06. The van der Waals surface area contributed by atoms with Gasteiger partial charge in [0.2, 0.25) is 11.8 Å². The van der Waals surface area contributed by atoms with Gasteiger partial charge in [0, 0.05) is 11.8 Å². The number of rotatable bonds is 9. The third kappa shape index (κ3) is 5.78. The minimum atomic E-state index is -0.667. The molecule has 2 aromatic carbocycles. The van der Waals surface area contributed by atoms with Crippen molar-refractivity contribution in [3.63, 3.8) is 0 Å². The zero-order valence-corrected chi connectivity index (χ0v) is 17.7. The lowest BCUT2D eigenvalue weighted by atomic mass is 10.1. The van der Waals surface area contributed by atoms with Crippen LogP contribution in [0.3, 0.4) is 0 Å². The number of nitrogens with zero attached hydrogens (tertiary/aromatic N) is 3. The molecule has 0 radical (unpaired) electrons. The molecule has 32 heavy (non-hydrogen) atoms. The Morgan fingerprint density at radius 1 is 1.06 bits per heavy atom. The first-order chi connectivity index (χ1) is 15.5. The Morgan fingerprint density at radius 3 is 2.53 bits per heavy atom. The quantitative estimate of drug-likeness (QED) is 0.394. The number of fused-ring (bicyclic) bond motifs is 1. The summed E-state index contributed by atoms with van der Waals surface area (Å²) in [5, 5.41) is 21.1. The van der Waals surface area contributed by atoms with Crippen molar-refractivity contribution < 1.29 is 24.2 Å². The van der Waals surface area contributed by atoms with Crippen LogP contribution in [0, 0.1) is 0 Å². The van der Waals surface area contributed by atoms with Crippen molar-refractivity contribution in [3.05, 3.63) is 60.2 Å². The molecule has 9 nitrogen and oxygen atoms in total. The van der Waals surface area contributed by atoms with E-state index in [1.165, 1.54) is 4.57 Å². The maximum absolute atomic E-state index is 12.1. The summed E-state index contributed by atoms with van der Waals surface area (Å²) in [4.78, 5) is 35.9. The first kappa shape index (κ1) is 22.7. The van der Waals surface area contributed by atoms with Crippen LogP contribution in [0.4, 0.5) is 5.69 Å². The van der Waals surface area contributed by atoms with E-state index in [1.807, 2.05) is 30.3 Å². The lowest BCUT2D eigenvalue weighted by Gasteiger charge is -2.06. The summed E-state index contributed by atoms with van der Waals surface area (Å²) >= 11 is 0. The van der Waals surface area contributed by atoms with Crippen molar-refractivity contribution in [2.24, 2.45) is 10.2 Å².